The lowest BCUT2D eigenvalue weighted by molar-refractivity contribution is -0.138. The molecular formula is C54H24F18. The molecule has 0 saturated carbocycles. The highest BCUT2D eigenvalue weighted by Gasteiger charge is 2.35. The molecule has 0 fully saturated rings. The van der Waals surface area contributed by atoms with Crippen molar-refractivity contribution in [3.63, 3.8) is 0 Å². The van der Waals surface area contributed by atoms with E-state index in [-0.39, 0.29) is 66.8 Å². The molecule has 0 aliphatic rings. The summed E-state index contributed by atoms with van der Waals surface area (Å²) in [7, 11) is 0. The molecule has 0 heterocycles. The van der Waals surface area contributed by atoms with Crippen molar-refractivity contribution in [2.75, 3.05) is 0 Å². The van der Waals surface area contributed by atoms with Crippen LogP contribution in [0.15, 0.2) is 146 Å². The number of alkyl halides is 18. The molecule has 7 rings (SSSR count). The van der Waals surface area contributed by atoms with Crippen molar-refractivity contribution >= 4 is 0 Å². The van der Waals surface area contributed by atoms with Gasteiger partial charge in [-0.15, -0.1) is 0 Å². The molecule has 0 bridgehead atoms. The van der Waals surface area contributed by atoms with E-state index in [9.17, 15) is 79.0 Å². The average molecular weight is 1010 g/mol. The van der Waals surface area contributed by atoms with Crippen molar-refractivity contribution in [2.45, 2.75) is 37.1 Å². The first-order valence-electron chi connectivity index (χ1n) is 20.3. The summed E-state index contributed by atoms with van der Waals surface area (Å²) in [5, 5.41) is 0. The maximum absolute atomic E-state index is 14.0. The van der Waals surface area contributed by atoms with Gasteiger partial charge < -0.3 is 0 Å². The van der Waals surface area contributed by atoms with Crippen molar-refractivity contribution in [2.24, 2.45) is 0 Å². The summed E-state index contributed by atoms with van der Waals surface area (Å²) < 4.78 is 249. The van der Waals surface area contributed by atoms with Gasteiger partial charge >= 0.3 is 37.1 Å². The van der Waals surface area contributed by atoms with Gasteiger partial charge in [-0.3, -0.25) is 0 Å². The predicted molar refractivity (Wildman–Crippen MR) is 230 cm³/mol. The monoisotopic (exact) mass is 1010 g/mol. The Labute approximate surface area is 396 Å². The van der Waals surface area contributed by atoms with E-state index >= 15 is 0 Å². The van der Waals surface area contributed by atoms with Crippen LogP contribution in [-0.4, -0.2) is 0 Å². The van der Waals surface area contributed by atoms with Gasteiger partial charge in [-0.1, -0.05) is 71.9 Å². The molecule has 7 aromatic rings. The third-order valence-electron chi connectivity index (χ3n) is 10.6. The topological polar surface area (TPSA) is 0 Å². The summed E-state index contributed by atoms with van der Waals surface area (Å²) in [5.74, 6) is 16.2. The SMILES string of the molecule is FC(F)(F)c1ccc(C#Cc2c(C#Cc3ccc(C(F)(F)F)cc3)c(-c3ccc(C(F)(F)F)cc3)c(-c3ccc(C(F)(F)F)cc3)c(C#Cc3ccc(C(F)(F)F)cc3)c2-c2ccc(C(F)(F)F)cc2)cc1. The molecule has 0 spiro atoms. The molecule has 7 aromatic carbocycles. The van der Waals surface area contributed by atoms with Crippen molar-refractivity contribution < 1.29 is 79.0 Å². The first-order chi connectivity index (χ1) is 33.5. The highest BCUT2D eigenvalue weighted by Crippen LogP contribution is 2.47. The molecule has 0 aliphatic carbocycles. The summed E-state index contributed by atoms with van der Waals surface area (Å²) in [6, 6.07) is 18.8. The van der Waals surface area contributed by atoms with Crippen LogP contribution in [0.4, 0.5) is 79.0 Å². The Balaban J connectivity index is 1.72. The van der Waals surface area contributed by atoms with Gasteiger partial charge in [0.05, 0.1) is 38.9 Å². The minimum Gasteiger partial charge on any atom is -0.166 e. The number of hydrogen-bond acceptors (Lipinski definition) is 0. The minimum absolute atomic E-state index is 0.136. The zero-order chi connectivity index (χ0) is 52.6. The van der Waals surface area contributed by atoms with Crippen LogP contribution in [0.25, 0.3) is 33.4 Å². The van der Waals surface area contributed by atoms with Crippen LogP contribution >= 0.6 is 0 Å². The molecule has 0 atom stereocenters. The van der Waals surface area contributed by atoms with Gasteiger partial charge in [0.2, 0.25) is 0 Å². The van der Waals surface area contributed by atoms with Gasteiger partial charge in [-0.25, -0.2) is 0 Å². The smallest absolute Gasteiger partial charge is 0.166 e. The Hall–Kier alpha value is -8.04. The van der Waals surface area contributed by atoms with Gasteiger partial charge in [0.1, 0.15) is 0 Å². The van der Waals surface area contributed by atoms with E-state index in [1.54, 1.807) is 0 Å². The molecule has 0 radical (unpaired) electrons. The van der Waals surface area contributed by atoms with E-state index < -0.39 is 70.4 Å². The van der Waals surface area contributed by atoms with Gasteiger partial charge in [0, 0.05) is 44.5 Å². The first kappa shape index (κ1) is 51.8. The first-order valence-corrected chi connectivity index (χ1v) is 20.3. The average Bonchev–Trinajstić information content (AvgIpc) is 3.30. The molecule has 0 N–H and O–H groups in total. The van der Waals surface area contributed by atoms with Crippen molar-refractivity contribution in [1.82, 2.24) is 0 Å². The highest BCUT2D eigenvalue weighted by molar-refractivity contribution is 6.00. The van der Waals surface area contributed by atoms with Crippen LogP contribution < -0.4 is 0 Å². The van der Waals surface area contributed by atoms with Gasteiger partial charge in [-0.2, -0.15) is 79.0 Å². The van der Waals surface area contributed by atoms with Crippen molar-refractivity contribution in [1.29, 1.82) is 0 Å². The summed E-state index contributed by atoms with van der Waals surface area (Å²) >= 11 is 0. The maximum atomic E-state index is 14.0. The lowest BCUT2D eigenvalue weighted by Crippen LogP contribution is -2.07. The molecule has 0 aromatic heterocycles. The second-order valence-electron chi connectivity index (χ2n) is 15.5. The number of benzene rings is 7. The maximum Gasteiger partial charge on any atom is 0.416 e. The van der Waals surface area contributed by atoms with Crippen LogP contribution in [0.3, 0.4) is 0 Å². The quantitative estimate of drug-likeness (QED) is 0.122. The molecule has 72 heavy (non-hydrogen) atoms. The number of rotatable bonds is 3. The summed E-state index contributed by atoms with van der Waals surface area (Å²) in [4.78, 5) is 0. The Morgan fingerprint density at radius 1 is 0.194 bits per heavy atom. The van der Waals surface area contributed by atoms with E-state index in [4.69, 9.17) is 0 Å². The fourth-order valence-corrected chi connectivity index (χ4v) is 7.10. The number of hydrogen-bond donors (Lipinski definition) is 0. The molecule has 18 heteroatoms. The number of halogens is 18. The summed E-state index contributed by atoms with van der Waals surface area (Å²) in [6.45, 7) is 0. The third kappa shape index (κ3) is 11.9. The lowest BCUT2D eigenvalue weighted by atomic mass is 9.79. The second-order valence-corrected chi connectivity index (χ2v) is 15.5. The molecule has 0 unspecified atom stereocenters. The molecule has 0 amide bonds. The third-order valence-corrected chi connectivity index (χ3v) is 10.6. The van der Waals surface area contributed by atoms with E-state index in [1.165, 1.54) is 0 Å². The molecular weight excluding hydrogens is 991 g/mol. The van der Waals surface area contributed by atoms with E-state index in [0.29, 0.717) is 72.8 Å². The molecule has 0 nitrogen and oxygen atoms in total. The van der Waals surface area contributed by atoms with Gasteiger partial charge in [0.25, 0.3) is 0 Å². The van der Waals surface area contributed by atoms with Crippen LogP contribution in [0, 0.1) is 35.5 Å². The van der Waals surface area contributed by atoms with Crippen LogP contribution in [0.1, 0.15) is 66.8 Å². The lowest BCUT2D eigenvalue weighted by Gasteiger charge is -2.23. The second kappa shape index (κ2) is 19.3. The fourth-order valence-electron chi connectivity index (χ4n) is 7.10. The van der Waals surface area contributed by atoms with E-state index in [2.05, 4.69) is 35.5 Å². The Morgan fingerprint density at radius 3 is 0.611 bits per heavy atom. The Bertz CT molecular complexity index is 3290. The molecule has 0 aliphatic heterocycles. The standard InChI is InChI=1S/C54H24F18/c55-49(56,57)37-16-1-31(2-17-37)7-28-43-44(29-8-32-3-18-38(19-4-32)50(58,59)60)47(35-12-24-41(25-13-35)53(67,68)69)48(36-14-26-42(27-15-36)54(70,71)72)45(30-9-33-5-20-39(21-6-33)51(61,62)63)46(43)34-10-22-40(23-11-34)52(64,65)66/h1-6,10-27H. The predicted octanol–water partition coefficient (Wildman–Crippen LogP) is 17.0. The normalized spacial score (nSPS) is 12.2. The van der Waals surface area contributed by atoms with E-state index in [1.807, 2.05) is 0 Å². The Kier molecular flexibility index (Phi) is 13.9. The zero-order valence-corrected chi connectivity index (χ0v) is 35.7. The van der Waals surface area contributed by atoms with E-state index in [0.717, 1.165) is 72.8 Å². The van der Waals surface area contributed by atoms with Crippen LogP contribution in [0.2, 0.25) is 0 Å². The van der Waals surface area contributed by atoms with Crippen LogP contribution in [0.5, 0.6) is 0 Å². The molecule has 366 valence electrons. The highest BCUT2D eigenvalue weighted by atomic mass is 19.4. The van der Waals surface area contributed by atoms with Crippen molar-refractivity contribution in [3.8, 4) is 68.9 Å². The van der Waals surface area contributed by atoms with Crippen LogP contribution in [-0.2, 0) is 37.1 Å². The van der Waals surface area contributed by atoms with Crippen molar-refractivity contribution in [3.05, 3.63) is 212 Å². The largest absolute Gasteiger partial charge is 0.416 e. The summed E-state index contributed by atoms with van der Waals surface area (Å²) in [6.07, 6.45) is -29.3. The molecule has 0 saturated heterocycles. The fraction of sp³-hybridized carbons (Fsp3) is 0.111. The Morgan fingerprint density at radius 2 is 0.375 bits per heavy atom. The van der Waals surface area contributed by atoms with Gasteiger partial charge in [0.15, 0.2) is 0 Å². The van der Waals surface area contributed by atoms with Gasteiger partial charge in [-0.05, 0) is 126 Å². The zero-order valence-electron chi connectivity index (χ0n) is 35.7. The minimum atomic E-state index is -4.94. The summed E-state index contributed by atoms with van der Waals surface area (Å²) in [5.41, 5.74) is -9.94.